The summed E-state index contributed by atoms with van der Waals surface area (Å²) in [4.78, 5) is 13.4. The van der Waals surface area contributed by atoms with Gasteiger partial charge in [0.2, 0.25) is 5.91 Å². The molecule has 27 heavy (non-hydrogen) atoms. The fraction of sp³-hybridized carbons (Fsp3) is 0.278. The van der Waals surface area contributed by atoms with Gasteiger partial charge in [0.05, 0.1) is 11.4 Å². The Balaban J connectivity index is 1.68. The largest absolute Gasteiger partial charge is 0.323 e. The molecule has 0 atom stereocenters. The second-order valence-electron chi connectivity index (χ2n) is 5.67. The van der Waals surface area contributed by atoms with Crippen molar-refractivity contribution in [2.45, 2.75) is 32.0 Å². The summed E-state index contributed by atoms with van der Waals surface area (Å²) in [6, 6.07) is 5.12. The Morgan fingerprint density at radius 2 is 2.07 bits per heavy atom. The van der Waals surface area contributed by atoms with Crippen LogP contribution in [0, 0.1) is 11.6 Å². The Hall–Kier alpha value is -2.26. The molecule has 0 spiro atoms. The summed E-state index contributed by atoms with van der Waals surface area (Å²) in [5.74, 6) is -1.10. The van der Waals surface area contributed by atoms with E-state index in [9.17, 15) is 13.6 Å². The highest BCUT2D eigenvalue weighted by atomic mass is 32.2. The molecule has 0 bridgehead atoms. The van der Waals surface area contributed by atoms with Crippen molar-refractivity contribution in [3.8, 4) is 11.4 Å². The van der Waals surface area contributed by atoms with Gasteiger partial charge in [0, 0.05) is 28.4 Å². The van der Waals surface area contributed by atoms with Crippen LogP contribution in [0.25, 0.3) is 11.4 Å². The number of aromatic nitrogens is 3. The SMILES string of the molecule is CCc1cc(-c2nnc(SCC(=O)Nc3ccc(F)cc3F)n2CC)cs1. The highest BCUT2D eigenvalue weighted by Crippen LogP contribution is 2.28. The number of anilines is 1. The highest BCUT2D eigenvalue weighted by molar-refractivity contribution is 7.99. The number of amides is 1. The Bertz CT molecular complexity index is 955. The van der Waals surface area contributed by atoms with Gasteiger partial charge in [-0.05, 0) is 31.5 Å². The van der Waals surface area contributed by atoms with Gasteiger partial charge >= 0.3 is 0 Å². The zero-order chi connectivity index (χ0) is 19.4. The van der Waals surface area contributed by atoms with Crippen LogP contribution in [0.1, 0.15) is 18.7 Å². The number of benzene rings is 1. The standard InChI is InChI=1S/C18H18F2N4OS2/c1-3-13-7-11(9-26-13)17-22-23-18(24(17)4-2)27-10-16(25)21-15-6-5-12(19)8-14(15)20/h5-9H,3-4,10H2,1-2H3,(H,21,25). The number of carbonyl (C=O) groups is 1. The van der Waals surface area contributed by atoms with E-state index in [1.165, 1.54) is 22.7 Å². The molecule has 0 unspecified atom stereocenters. The minimum atomic E-state index is -0.809. The lowest BCUT2D eigenvalue weighted by molar-refractivity contribution is -0.113. The second-order valence-corrected chi connectivity index (χ2v) is 7.60. The van der Waals surface area contributed by atoms with Gasteiger partial charge in [-0.25, -0.2) is 8.78 Å². The summed E-state index contributed by atoms with van der Waals surface area (Å²) >= 11 is 2.90. The third kappa shape index (κ3) is 4.54. The highest BCUT2D eigenvalue weighted by Gasteiger charge is 2.16. The molecule has 9 heteroatoms. The van der Waals surface area contributed by atoms with Crippen molar-refractivity contribution in [1.82, 2.24) is 14.8 Å². The second kappa shape index (κ2) is 8.62. The first-order chi connectivity index (χ1) is 13.0. The molecule has 3 rings (SSSR count). The van der Waals surface area contributed by atoms with E-state index in [4.69, 9.17) is 0 Å². The maximum absolute atomic E-state index is 13.6. The van der Waals surface area contributed by atoms with Gasteiger partial charge in [-0.2, -0.15) is 0 Å². The summed E-state index contributed by atoms with van der Waals surface area (Å²) in [5.41, 5.74) is 0.959. The van der Waals surface area contributed by atoms with E-state index in [0.717, 1.165) is 29.9 Å². The van der Waals surface area contributed by atoms with Crippen LogP contribution in [0.5, 0.6) is 0 Å². The molecule has 3 aromatic rings. The Labute approximate surface area is 163 Å². The molecule has 1 N–H and O–H groups in total. The van der Waals surface area contributed by atoms with E-state index in [2.05, 4.69) is 28.5 Å². The number of rotatable bonds is 7. The predicted octanol–water partition coefficient (Wildman–Crippen LogP) is 4.60. The zero-order valence-corrected chi connectivity index (χ0v) is 16.5. The van der Waals surface area contributed by atoms with Gasteiger partial charge in [0.1, 0.15) is 11.6 Å². The topological polar surface area (TPSA) is 59.8 Å². The van der Waals surface area contributed by atoms with E-state index in [-0.39, 0.29) is 11.4 Å². The van der Waals surface area contributed by atoms with Crippen LogP contribution < -0.4 is 5.32 Å². The number of aryl methyl sites for hydroxylation is 1. The number of halogens is 2. The summed E-state index contributed by atoms with van der Waals surface area (Å²) in [6.07, 6.45) is 0.965. The number of thiophene rings is 1. The average molecular weight is 408 g/mol. The molecule has 0 saturated carbocycles. The first kappa shape index (κ1) is 19.5. The van der Waals surface area contributed by atoms with Crippen molar-refractivity contribution in [3.63, 3.8) is 0 Å². The first-order valence-electron chi connectivity index (χ1n) is 8.40. The number of nitrogens with one attached hydrogen (secondary N) is 1. The molecule has 1 aromatic carbocycles. The summed E-state index contributed by atoms with van der Waals surface area (Å²) < 4.78 is 28.5. The lowest BCUT2D eigenvalue weighted by Gasteiger charge is -2.08. The third-order valence-electron chi connectivity index (χ3n) is 3.83. The molecule has 2 aromatic heterocycles. The maximum Gasteiger partial charge on any atom is 0.234 e. The van der Waals surface area contributed by atoms with Crippen molar-refractivity contribution < 1.29 is 13.6 Å². The average Bonchev–Trinajstić information content (AvgIpc) is 3.28. The van der Waals surface area contributed by atoms with Crippen molar-refractivity contribution in [1.29, 1.82) is 0 Å². The van der Waals surface area contributed by atoms with Gasteiger partial charge in [-0.3, -0.25) is 4.79 Å². The van der Waals surface area contributed by atoms with Crippen LogP contribution in [0.15, 0.2) is 34.8 Å². The van der Waals surface area contributed by atoms with Crippen LogP contribution >= 0.6 is 23.1 Å². The fourth-order valence-electron chi connectivity index (χ4n) is 2.48. The van der Waals surface area contributed by atoms with Crippen molar-refractivity contribution in [2.24, 2.45) is 0 Å². The van der Waals surface area contributed by atoms with E-state index < -0.39 is 17.5 Å². The van der Waals surface area contributed by atoms with Gasteiger partial charge < -0.3 is 9.88 Å². The zero-order valence-electron chi connectivity index (χ0n) is 14.8. The molecule has 142 valence electrons. The van der Waals surface area contributed by atoms with Crippen LogP contribution in [0.4, 0.5) is 14.5 Å². The number of thioether (sulfide) groups is 1. The van der Waals surface area contributed by atoms with E-state index in [1.807, 2.05) is 16.9 Å². The lowest BCUT2D eigenvalue weighted by atomic mass is 10.2. The molecule has 0 radical (unpaired) electrons. The summed E-state index contributed by atoms with van der Waals surface area (Å²) in [6.45, 7) is 4.75. The molecule has 0 fully saturated rings. The molecular formula is C18H18F2N4OS2. The third-order valence-corrected chi connectivity index (χ3v) is 5.88. The van der Waals surface area contributed by atoms with Crippen LogP contribution in [0.3, 0.4) is 0 Å². The van der Waals surface area contributed by atoms with Crippen LogP contribution in [0.2, 0.25) is 0 Å². The molecule has 0 aliphatic carbocycles. The molecular weight excluding hydrogens is 390 g/mol. The van der Waals surface area contributed by atoms with Crippen LogP contribution in [-0.4, -0.2) is 26.4 Å². The van der Waals surface area contributed by atoms with E-state index >= 15 is 0 Å². The van der Waals surface area contributed by atoms with Gasteiger partial charge in [0.25, 0.3) is 0 Å². The van der Waals surface area contributed by atoms with Gasteiger partial charge in [-0.15, -0.1) is 21.5 Å². The smallest absolute Gasteiger partial charge is 0.234 e. The number of hydrogen-bond acceptors (Lipinski definition) is 5. The molecule has 5 nitrogen and oxygen atoms in total. The van der Waals surface area contributed by atoms with E-state index in [0.29, 0.717) is 11.7 Å². The molecule has 0 aliphatic rings. The summed E-state index contributed by atoms with van der Waals surface area (Å²) in [7, 11) is 0. The molecule has 1 amide bonds. The predicted molar refractivity (Wildman–Crippen MR) is 104 cm³/mol. The molecule has 0 saturated heterocycles. The number of hydrogen-bond donors (Lipinski definition) is 1. The minimum absolute atomic E-state index is 0.0405. The quantitative estimate of drug-likeness (QED) is 0.581. The van der Waals surface area contributed by atoms with Crippen molar-refractivity contribution in [2.75, 3.05) is 11.1 Å². The van der Waals surface area contributed by atoms with Gasteiger partial charge in [-0.1, -0.05) is 18.7 Å². The Morgan fingerprint density at radius 3 is 2.74 bits per heavy atom. The van der Waals surface area contributed by atoms with Gasteiger partial charge in [0.15, 0.2) is 11.0 Å². The van der Waals surface area contributed by atoms with Crippen molar-refractivity contribution >= 4 is 34.7 Å². The van der Waals surface area contributed by atoms with E-state index in [1.54, 1.807) is 11.3 Å². The minimum Gasteiger partial charge on any atom is -0.323 e. The Kier molecular flexibility index (Phi) is 6.22. The monoisotopic (exact) mass is 408 g/mol. The molecule has 0 aliphatic heterocycles. The van der Waals surface area contributed by atoms with Crippen molar-refractivity contribution in [3.05, 3.63) is 46.2 Å². The first-order valence-corrected chi connectivity index (χ1v) is 10.3. The number of carbonyl (C=O) groups excluding carboxylic acids is 1. The van der Waals surface area contributed by atoms with Crippen LogP contribution in [-0.2, 0) is 17.8 Å². The fourth-order valence-corrected chi connectivity index (χ4v) is 4.10. The summed E-state index contributed by atoms with van der Waals surface area (Å²) in [5, 5.41) is 13.5. The normalized spacial score (nSPS) is 11.0. The Morgan fingerprint density at radius 1 is 1.26 bits per heavy atom. The maximum atomic E-state index is 13.6. The molecule has 2 heterocycles. The number of nitrogens with zero attached hydrogens (tertiary/aromatic N) is 3. The lowest BCUT2D eigenvalue weighted by Crippen LogP contribution is -2.15.